The van der Waals surface area contributed by atoms with Crippen molar-refractivity contribution in [3.8, 4) is 5.75 Å². The summed E-state index contributed by atoms with van der Waals surface area (Å²) in [6.45, 7) is 1.02. The largest absolute Gasteiger partial charge is 0.497 e. The van der Waals surface area contributed by atoms with E-state index in [0.29, 0.717) is 24.4 Å². The van der Waals surface area contributed by atoms with Crippen LogP contribution < -0.4 is 15.4 Å². The lowest BCUT2D eigenvalue weighted by molar-refractivity contribution is -0.125. The summed E-state index contributed by atoms with van der Waals surface area (Å²) < 4.78 is 5.19. The molecule has 29 heavy (non-hydrogen) atoms. The van der Waals surface area contributed by atoms with Crippen LogP contribution in [0, 0.1) is 0 Å². The van der Waals surface area contributed by atoms with Crippen LogP contribution in [0.5, 0.6) is 5.75 Å². The minimum absolute atomic E-state index is 0.0278. The molecule has 6 nitrogen and oxygen atoms in total. The van der Waals surface area contributed by atoms with Gasteiger partial charge in [-0.2, -0.15) is 0 Å². The smallest absolute Gasteiger partial charge is 0.319 e. The molecule has 150 valence electrons. The summed E-state index contributed by atoms with van der Waals surface area (Å²) in [5, 5.41) is 5.72. The number of nitrogens with one attached hydrogen (secondary N) is 2. The lowest BCUT2D eigenvalue weighted by Crippen LogP contribution is -2.44. The van der Waals surface area contributed by atoms with Crippen molar-refractivity contribution in [3.05, 3.63) is 70.9 Å². The lowest BCUT2D eigenvalue weighted by atomic mass is 9.96. The van der Waals surface area contributed by atoms with E-state index < -0.39 is 6.04 Å². The zero-order valence-electron chi connectivity index (χ0n) is 16.4. The average Bonchev–Trinajstić information content (AvgIpc) is 3.07. The van der Waals surface area contributed by atoms with Gasteiger partial charge in [0.1, 0.15) is 5.75 Å². The summed E-state index contributed by atoms with van der Waals surface area (Å²) in [6.07, 6.45) is 2.76. The first-order valence-corrected chi connectivity index (χ1v) is 10.7. The first-order chi connectivity index (χ1) is 14.1. The third-order valence-electron chi connectivity index (χ3n) is 5.30. The number of methoxy groups -OCH3 is 1. The number of nitrogens with zero attached hydrogens (tertiary/aromatic N) is 1. The van der Waals surface area contributed by atoms with Crippen LogP contribution in [-0.4, -0.2) is 43.3 Å². The van der Waals surface area contributed by atoms with Gasteiger partial charge in [-0.1, -0.05) is 24.3 Å². The maximum atomic E-state index is 13.1. The van der Waals surface area contributed by atoms with Crippen LogP contribution in [0.3, 0.4) is 0 Å². The molecule has 0 saturated carbocycles. The van der Waals surface area contributed by atoms with Gasteiger partial charge in [-0.15, -0.1) is 11.8 Å². The van der Waals surface area contributed by atoms with Gasteiger partial charge in [-0.3, -0.25) is 4.79 Å². The number of carbonyl (C=O) groups is 2. The molecule has 2 heterocycles. The number of rotatable bonds is 6. The fraction of sp³-hybridized carbons (Fsp3) is 0.273. The van der Waals surface area contributed by atoms with E-state index in [-0.39, 0.29) is 11.9 Å². The van der Waals surface area contributed by atoms with Gasteiger partial charge < -0.3 is 20.3 Å². The number of thioether (sulfide) groups is 1. The SMILES string of the molecule is COc1ccc(CCN2CC3=C(C2=O)C(c2ccc(SC)cc2)NC(=O)N3)cc1. The van der Waals surface area contributed by atoms with Crippen molar-refractivity contribution < 1.29 is 14.3 Å². The minimum Gasteiger partial charge on any atom is -0.497 e. The van der Waals surface area contributed by atoms with Crippen LogP contribution in [0.1, 0.15) is 17.2 Å². The zero-order chi connectivity index (χ0) is 20.4. The molecule has 2 aliphatic rings. The molecular weight excluding hydrogens is 386 g/mol. The second-order valence-electron chi connectivity index (χ2n) is 7.02. The molecule has 7 heteroatoms. The van der Waals surface area contributed by atoms with E-state index in [0.717, 1.165) is 28.2 Å². The first-order valence-electron chi connectivity index (χ1n) is 9.45. The molecule has 1 unspecified atom stereocenters. The van der Waals surface area contributed by atoms with E-state index >= 15 is 0 Å². The molecule has 0 radical (unpaired) electrons. The van der Waals surface area contributed by atoms with E-state index in [2.05, 4.69) is 10.6 Å². The van der Waals surface area contributed by atoms with E-state index in [1.807, 2.05) is 54.8 Å². The number of hydrogen-bond donors (Lipinski definition) is 2. The summed E-state index contributed by atoms with van der Waals surface area (Å²) >= 11 is 1.66. The van der Waals surface area contributed by atoms with Crippen LogP contribution >= 0.6 is 11.8 Å². The van der Waals surface area contributed by atoms with Crippen LogP contribution in [0.15, 0.2) is 64.7 Å². The molecular formula is C22H23N3O3S. The van der Waals surface area contributed by atoms with Crippen LogP contribution in [0.25, 0.3) is 0 Å². The highest BCUT2D eigenvalue weighted by Crippen LogP contribution is 2.33. The molecule has 2 aromatic rings. The second-order valence-corrected chi connectivity index (χ2v) is 7.90. The van der Waals surface area contributed by atoms with Crippen molar-refractivity contribution in [2.45, 2.75) is 17.4 Å². The predicted molar refractivity (Wildman–Crippen MR) is 113 cm³/mol. The van der Waals surface area contributed by atoms with E-state index in [1.54, 1.807) is 23.8 Å². The number of urea groups is 1. The second kappa shape index (κ2) is 8.21. The normalized spacial score (nSPS) is 18.4. The first kappa shape index (κ1) is 19.4. The number of carbonyl (C=O) groups excluding carboxylic acids is 2. The fourth-order valence-corrected chi connectivity index (χ4v) is 4.12. The van der Waals surface area contributed by atoms with E-state index in [4.69, 9.17) is 4.74 Å². The maximum absolute atomic E-state index is 13.1. The molecule has 4 rings (SSSR count). The van der Waals surface area contributed by atoms with Crippen molar-refractivity contribution in [2.24, 2.45) is 0 Å². The van der Waals surface area contributed by atoms with Gasteiger partial charge >= 0.3 is 6.03 Å². The van der Waals surface area contributed by atoms with Gasteiger partial charge in [0.05, 0.1) is 31.0 Å². The number of ether oxygens (including phenoxy) is 1. The summed E-state index contributed by atoms with van der Waals surface area (Å²) in [5.41, 5.74) is 3.38. The Morgan fingerprint density at radius 3 is 2.48 bits per heavy atom. The van der Waals surface area contributed by atoms with Crippen molar-refractivity contribution >= 4 is 23.7 Å². The summed E-state index contributed by atoms with van der Waals surface area (Å²) in [6, 6.07) is 15.1. The van der Waals surface area contributed by atoms with Crippen molar-refractivity contribution in [1.29, 1.82) is 0 Å². The highest BCUT2D eigenvalue weighted by Gasteiger charge is 2.40. The highest BCUT2D eigenvalue weighted by atomic mass is 32.2. The predicted octanol–water partition coefficient (Wildman–Crippen LogP) is 3.11. The molecule has 0 bridgehead atoms. The Bertz CT molecular complexity index is 954. The van der Waals surface area contributed by atoms with Crippen LogP contribution in [0.2, 0.25) is 0 Å². The molecule has 0 aromatic heterocycles. The summed E-state index contributed by atoms with van der Waals surface area (Å²) in [7, 11) is 1.64. The molecule has 0 saturated heterocycles. The van der Waals surface area contributed by atoms with Crippen molar-refractivity contribution in [2.75, 3.05) is 26.5 Å². The van der Waals surface area contributed by atoms with E-state index in [9.17, 15) is 9.59 Å². The van der Waals surface area contributed by atoms with Gasteiger partial charge in [0.25, 0.3) is 5.91 Å². The lowest BCUT2D eigenvalue weighted by Gasteiger charge is -2.25. The van der Waals surface area contributed by atoms with Gasteiger partial charge in [-0.25, -0.2) is 4.79 Å². The Kier molecular flexibility index (Phi) is 5.49. The topological polar surface area (TPSA) is 70.7 Å². The third-order valence-corrected chi connectivity index (χ3v) is 6.04. The molecule has 2 aromatic carbocycles. The number of amides is 3. The van der Waals surface area contributed by atoms with Gasteiger partial charge in [0.2, 0.25) is 0 Å². The maximum Gasteiger partial charge on any atom is 0.319 e. The standard InChI is InChI=1S/C22H23N3O3S/c1-28-16-7-3-14(4-8-16)11-12-25-13-18-19(21(25)26)20(24-22(27)23-18)15-5-9-17(29-2)10-6-15/h3-10,20H,11-13H2,1-2H3,(H2,23,24,27). The van der Waals surface area contributed by atoms with Crippen molar-refractivity contribution in [1.82, 2.24) is 15.5 Å². The van der Waals surface area contributed by atoms with Crippen molar-refractivity contribution in [3.63, 3.8) is 0 Å². The summed E-state index contributed by atoms with van der Waals surface area (Å²) in [4.78, 5) is 28.2. The molecule has 1 atom stereocenters. The molecule has 2 N–H and O–H groups in total. The number of hydrogen-bond acceptors (Lipinski definition) is 4. The Morgan fingerprint density at radius 2 is 1.83 bits per heavy atom. The minimum atomic E-state index is -0.423. The molecule has 0 aliphatic carbocycles. The summed E-state index contributed by atoms with van der Waals surface area (Å²) in [5.74, 6) is 0.784. The molecule has 3 amide bonds. The van der Waals surface area contributed by atoms with Gasteiger partial charge in [0, 0.05) is 11.4 Å². The Labute approximate surface area is 174 Å². The van der Waals surface area contributed by atoms with Gasteiger partial charge in [-0.05, 0) is 48.1 Å². The Morgan fingerprint density at radius 1 is 1.10 bits per heavy atom. The third kappa shape index (κ3) is 3.96. The zero-order valence-corrected chi connectivity index (χ0v) is 17.2. The van der Waals surface area contributed by atoms with E-state index in [1.165, 1.54) is 0 Å². The highest BCUT2D eigenvalue weighted by molar-refractivity contribution is 7.98. The monoisotopic (exact) mass is 409 g/mol. The average molecular weight is 410 g/mol. The van der Waals surface area contributed by atoms with Crippen LogP contribution in [-0.2, 0) is 11.2 Å². The molecule has 0 spiro atoms. The Balaban J connectivity index is 1.49. The van der Waals surface area contributed by atoms with Gasteiger partial charge in [0.15, 0.2) is 0 Å². The number of benzene rings is 2. The Hall–Kier alpha value is -2.93. The molecule has 2 aliphatic heterocycles. The quantitative estimate of drug-likeness (QED) is 0.720. The fourth-order valence-electron chi connectivity index (χ4n) is 3.71. The molecule has 0 fully saturated rings. The van der Waals surface area contributed by atoms with Crippen LogP contribution in [0.4, 0.5) is 4.79 Å².